The van der Waals surface area contributed by atoms with Gasteiger partial charge in [-0.1, -0.05) is 0 Å². The van der Waals surface area contributed by atoms with Crippen molar-refractivity contribution in [2.24, 2.45) is 11.7 Å². The minimum Gasteiger partial charge on any atom is -0.373 e. The molecule has 0 spiro atoms. The molecule has 4 bridgehead atoms. The SMILES string of the molecule is NC(=O)C(N1C(=O)CCC1O)C12CC3CC(CC(C3)O1)O2. The van der Waals surface area contributed by atoms with Gasteiger partial charge >= 0.3 is 0 Å². The summed E-state index contributed by atoms with van der Waals surface area (Å²) in [5, 5.41) is 10.1. The molecule has 0 aromatic heterocycles. The third kappa shape index (κ3) is 1.91. The van der Waals surface area contributed by atoms with Crippen LogP contribution < -0.4 is 5.73 Å². The second-order valence-electron chi connectivity index (χ2n) is 6.69. The monoisotopic (exact) mass is 296 g/mol. The minimum absolute atomic E-state index is 0.0629. The van der Waals surface area contributed by atoms with Gasteiger partial charge in [-0.3, -0.25) is 14.5 Å². The normalized spacial score (nSPS) is 46.1. The van der Waals surface area contributed by atoms with Crippen LogP contribution in [-0.2, 0) is 19.1 Å². The number of likely N-dealkylation sites (tertiary alicyclic amines) is 1. The second-order valence-corrected chi connectivity index (χ2v) is 6.69. The predicted molar refractivity (Wildman–Crippen MR) is 69.5 cm³/mol. The number of aliphatic hydroxyl groups is 1. The van der Waals surface area contributed by atoms with Crippen LogP contribution in [-0.4, -0.2) is 52.1 Å². The predicted octanol–water partition coefficient (Wildman–Crippen LogP) is -0.535. The van der Waals surface area contributed by atoms with Crippen LogP contribution in [0.5, 0.6) is 0 Å². The highest BCUT2D eigenvalue weighted by Crippen LogP contribution is 2.51. The molecule has 5 aliphatic rings. The maximum Gasteiger partial charge on any atom is 0.245 e. The van der Waals surface area contributed by atoms with E-state index in [2.05, 4.69) is 0 Å². The highest BCUT2D eigenvalue weighted by Gasteiger charge is 2.61. The first-order valence-corrected chi connectivity index (χ1v) is 7.63. The van der Waals surface area contributed by atoms with Crippen LogP contribution in [0.25, 0.3) is 0 Å². The molecular formula is C14H20N2O5. The Hall–Kier alpha value is -1.18. The number of rotatable bonds is 3. The van der Waals surface area contributed by atoms with Crippen molar-refractivity contribution >= 4 is 11.8 Å². The summed E-state index contributed by atoms with van der Waals surface area (Å²) in [5.74, 6) is -1.67. The number of nitrogens with two attached hydrogens (primary N) is 1. The zero-order chi connectivity index (χ0) is 14.8. The van der Waals surface area contributed by atoms with Crippen LogP contribution in [0.4, 0.5) is 0 Å². The molecule has 116 valence electrons. The maximum atomic E-state index is 12.1. The van der Waals surface area contributed by atoms with Crippen molar-refractivity contribution in [3.05, 3.63) is 0 Å². The highest BCUT2D eigenvalue weighted by molar-refractivity contribution is 5.88. The van der Waals surface area contributed by atoms with Crippen LogP contribution in [0, 0.1) is 5.92 Å². The molecule has 2 amide bonds. The van der Waals surface area contributed by atoms with Gasteiger partial charge in [-0.25, -0.2) is 0 Å². The fraction of sp³-hybridized carbons (Fsp3) is 0.857. The van der Waals surface area contributed by atoms with Gasteiger partial charge in [0.2, 0.25) is 11.8 Å². The Kier molecular flexibility index (Phi) is 2.83. The van der Waals surface area contributed by atoms with E-state index in [0.717, 1.165) is 19.3 Å². The van der Waals surface area contributed by atoms with Gasteiger partial charge in [-0.2, -0.15) is 0 Å². The Morgan fingerprint density at radius 2 is 2.00 bits per heavy atom. The number of hydrogen-bond acceptors (Lipinski definition) is 5. The van der Waals surface area contributed by atoms with E-state index in [1.165, 1.54) is 4.90 Å². The molecule has 1 saturated carbocycles. The quantitative estimate of drug-likeness (QED) is 0.728. The van der Waals surface area contributed by atoms with Crippen LogP contribution in [0.3, 0.4) is 0 Å². The third-order valence-corrected chi connectivity index (χ3v) is 5.21. The first-order chi connectivity index (χ1) is 9.98. The Bertz CT molecular complexity index is 458. The van der Waals surface area contributed by atoms with Crippen molar-refractivity contribution in [3.8, 4) is 0 Å². The molecular weight excluding hydrogens is 276 g/mol. The van der Waals surface area contributed by atoms with Gasteiger partial charge < -0.3 is 20.3 Å². The van der Waals surface area contributed by atoms with Crippen molar-refractivity contribution in [2.75, 3.05) is 0 Å². The number of carbonyl (C=O) groups excluding carboxylic acids is 2. The molecule has 5 rings (SSSR count). The van der Waals surface area contributed by atoms with Crippen LogP contribution in [0.15, 0.2) is 0 Å². The molecule has 4 aliphatic heterocycles. The summed E-state index contributed by atoms with van der Waals surface area (Å²) in [6, 6.07) is -1.05. The molecule has 1 aliphatic carbocycles. The smallest absolute Gasteiger partial charge is 0.245 e. The average molecular weight is 296 g/mol. The summed E-state index contributed by atoms with van der Waals surface area (Å²) in [7, 11) is 0. The molecule has 4 unspecified atom stereocenters. The van der Waals surface area contributed by atoms with Gasteiger partial charge in [0.25, 0.3) is 0 Å². The lowest BCUT2D eigenvalue weighted by Crippen LogP contribution is -2.71. The van der Waals surface area contributed by atoms with Crippen molar-refractivity contribution in [1.82, 2.24) is 4.90 Å². The van der Waals surface area contributed by atoms with Gasteiger partial charge in [-0.15, -0.1) is 0 Å². The molecule has 4 heterocycles. The topological polar surface area (TPSA) is 102 Å². The molecule has 4 atom stereocenters. The average Bonchev–Trinajstić information content (AvgIpc) is 2.68. The minimum atomic E-state index is -1.17. The summed E-state index contributed by atoms with van der Waals surface area (Å²) in [5.41, 5.74) is 5.56. The number of aliphatic hydroxyl groups excluding tert-OH is 1. The van der Waals surface area contributed by atoms with Crippen LogP contribution in [0.1, 0.15) is 38.5 Å². The van der Waals surface area contributed by atoms with E-state index < -0.39 is 24.0 Å². The largest absolute Gasteiger partial charge is 0.373 e. The van der Waals surface area contributed by atoms with Crippen molar-refractivity contribution < 1.29 is 24.2 Å². The number of hydrogen-bond donors (Lipinski definition) is 2. The van der Waals surface area contributed by atoms with Gasteiger partial charge in [0, 0.05) is 25.7 Å². The molecule has 4 saturated heterocycles. The van der Waals surface area contributed by atoms with E-state index in [-0.39, 0.29) is 24.5 Å². The van der Waals surface area contributed by atoms with E-state index in [1.807, 2.05) is 0 Å². The van der Waals surface area contributed by atoms with E-state index in [9.17, 15) is 14.7 Å². The Balaban J connectivity index is 1.71. The summed E-state index contributed by atoms with van der Waals surface area (Å²) in [6.45, 7) is 0. The summed E-state index contributed by atoms with van der Waals surface area (Å²) in [6.07, 6.45) is 3.01. The van der Waals surface area contributed by atoms with Crippen LogP contribution >= 0.6 is 0 Å². The number of nitrogens with zero attached hydrogens (tertiary/aromatic N) is 1. The Labute approximate surface area is 122 Å². The van der Waals surface area contributed by atoms with E-state index in [0.29, 0.717) is 18.8 Å². The zero-order valence-corrected chi connectivity index (χ0v) is 11.7. The first kappa shape index (κ1) is 13.5. The molecule has 3 N–H and O–H groups in total. The summed E-state index contributed by atoms with van der Waals surface area (Å²) < 4.78 is 12.0. The van der Waals surface area contributed by atoms with Gasteiger partial charge in [0.15, 0.2) is 11.8 Å². The fourth-order valence-electron chi connectivity index (χ4n) is 4.58. The lowest BCUT2D eigenvalue weighted by Gasteiger charge is -2.58. The number of carbonyl (C=O) groups is 2. The molecule has 21 heavy (non-hydrogen) atoms. The van der Waals surface area contributed by atoms with Crippen molar-refractivity contribution in [2.45, 2.75) is 68.8 Å². The maximum absolute atomic E-state index is 12.1. The van der Waals surface area contributed by atoms with Crippen LogP contribution in [0.2, 0.25) is 0 Å². The molecule has 0 radical (unpaired) electrons. The first-order valence-electron chi connectivity index (χ1n) is 7.63. The highest BCUT2D eigenvalue weighted by atomic mass is 16.7. The van der Waals surface area contributed by atoms with Gasteiger partial charge in [-0.05, 0) is 18.8 Å². The number of ether oxygens (including phenoxy) is 2. The molecule has 0 aromatic rings. The van der Waals surface area contributed by atoms with Crippen molar-refractivity contribution in [3.63, 3.8) is 0 Å². The van der Waals surface area contributed by atoms with Gasteiger partial charge in [0.05, 0.1) is 12.2 Å². The van der Waals surface area contributed by atoms with Crippen molar-refractivity contribution in [1.29, 1.82) is 0 Å². The molecule has 7 heteroatoms. The molecule has 5 fully saturated rings. The molecule has 0 aromatic carbocycles. The zero-order valence-electron chi connectivity index (χ0n) is 11.7. The molecule has 7 nitrogen and oxygen atoms in total. The third-order valence-electron chi connectivity index (χ3n) is 5.21. The lowest BCUT2D eigenvalue weighted by molar-refractivity contribution is -0.385. The lowest BCUT2D eigenvalue weighted by atomic mass is 9.73. The Morgan fingerprint density at radius 1 is 1.33 bits per heavy atom. The number of primary amides is 1. The summed E-state index contributed by atoms with van der Waals surface area (Å²) in [4.78, 5) is 25.3. The second kappa shape index (κ2) is 4.41. The number of amides is 2. The van der Waals surface area contributed by atoms with Gasteiger partial charge in [0.1, 0.15) is 6.23 Å². The van der Waals surface area contributed by atoms with E-state index in [1.54, 1.807) is 0 Å². The fourth-order valence-corrected chi connectivity index (χ4v) is 4.58. The standard InChI is InChI=1S/C14H20N2O5/c15-13(19)12(16-10(17)1-2-11(16)18)14-6-7-3-8(20-14)5-9(4-7)21-14/h7-10,12,17H,1-6H2,(H2,15,19). The van der Waals surface area contributed by atoms with E-state index >= 15 is 0 Å². The summed E-state index contributed by atoms with van der Waals surface area (Å²) >= 11 is 0. The van der Waals surface area contributed by atoms with E-state index in [4.69, 9.17) is 15.2 Å². The Morgan fingerprint density at radius 3 is 2.48 bits per heavy atom.